The molecule has 2 rings (SSSR count). The van der Waals surface area contributed by atoms with Gasteiger partial charge in [-0.15, -0.1) is 0 Å². The highest BCUT2D eigenvalue weighted by Crippen LogP contribution is 2.19. The number of nitriles is 1. The minimum atomic E-state index is -0.917. The summed E-state index contributed by atoms with van der Waals surface area (Å²) in [6, 6.07) is 10.0. The maximum Gasteiger partial charge on any atom is 0.323 e. The van der Waals surface area contributed by atoms with Gasteiger partial charge in [0.2, 0.25) is 0 Å². The van der Waals surface area contributed by atoms with Crippen LogP contribution in [-0.2, 0) is 11.2 Å². The average Bonchev–Trinajstić information content (AvgIpc) is 2.38. The van der Waals surface area contributed by atoms with Crippen LogP contribution in [0, 0.1) is 11.3 Å². The number of hydrogen-bond acceptors (Lipinski definition) is 5. The number of benzene rings is 1. The zero-order chi connectivity index (χ0) is 13.7. The summed E-state index contributed by atoms with van der Waals surface area (Å²) in [5.41, 5.74) is 0.813. The summed E-state index contributed by atoms with van der Waals surface area (Å²) in [5, 5.41) is 17.4. The van der Waals surface area contributed by atoms with Crippen LogP contribution in [0.2, 0.25) is 0 Å². The fourth-order valence-corrected chi connectivity index (χ4v) is 1.45. The lowest BCUT2D eigenvalue weighted by molar-refractivity contribution is -0.136. The third-order valence-corrected chi connectivity index (χ3v) is 2.21. The first-order valence-electron chi connectivity index (χ1n) is 5.39. The van der Waals surface area contributed by atoms with E-state index in [9.17, 15) is 4.79 Å². The van der Waals surface area contributed by atoms with E-state index in [1.165, 1.54) is 12.3 Å². The molecule has 0 aliphatic heterocycles. The highest BCUT2D eigenvalue weighted by atomic mass is 16.5. The van der Waals surface area contributed by atoms with Crippen LogP contribution in [-0.4, -0.2) is 21.0 Å². The third kappa shape index (κ3) is 3.51. The second-order valence-electron chi connectivity index (χ2n) is 3.66. The smallest absolute Gasteiger partial charge is 0.323 e. The van der Waals surface area contributed by atoms with Gasteiger partial charge in [0.05, 0.1) is 6.42 Å². The molecule has 0 bridgehead atoms. The molecule has 0 unspecified atom stereocenters. The molecule has 1 aromatic heterocycles. The number of ether oxygens (including phenoxy) is 1. The molecule has 94 valence electrons. The molecule has 0 atom stereocenters. The molecule has 0 radical (unpaired) electrons. The number of aromatic nitrogens is 2. The van der Waals surface area contributed by atoms with Crippen molar-refractivity contribution in [3.05, 3.63) is 47.8 Å². The van der Waals surface area contributed by atoms with E-state index in [2.05, 4.69) is 9.97 Å². The Hall–Kier alpha value is -2.94. The summed E-state index contributed by atoms with van der Waals surface area (Å²) in [7, 11) is 0. The molecule has 0 amide bonds. The van der Waals surface area contributed by atoms with Crippen molar-refractivity contribution >= 4 is 5.97 Å². The molecule has 0 aliphatic carbocycles. The molecule has 0 aliphatic rings. The van der Waals surface area contributed by atoms with E-state index in [1.807, 2.05) is 6.07 Å². The standard InChI is InChI=1S/C13H9N3O3/c14-8-10-4-5-15-13(16-10)19-11-3-1-2-9(6-11)7-12(17)18/h1-6H,7H2,(H,17,18). The summed E-state index contributed by atoms with van der Waals surface area (Å²) in [6.45, 7) is 0. The van der Waals surface area contributed by atoms with E-state index >= 15 is 0 Å². The van der Waals surface area contributed by atoms with E-state index in [4.69, 9.17) is 15.1 Å². The normalized spacial score (nSPS) is 9.63. The third-order valence-electron chi connectivity index (χ3n) is 2.21. The molecule has 0 saturated heterocycles. The Balaban J connectivity index is 2.18. The number of hydrogen-bond donors (Lipinski definition) is 1. The van der Waals surface area contributed by atoms with Crippen molar-refractivity contribution in [2.45, 2.75) is 6.42 Å². The summed E-state index contributed by atoms with van der Waals surface area (Å²) in [5.74, 6) is -0.492. The number of nitrogens with zero attached hydrogens (tertiary/aromatic N) is 3. The first kappa shape index (κ1) is 12.5. The number of carboxylic acid groups (broad SMARTS) is 1. The molecule has 1 aromatic carbocycles. The Labute approximate surface area is 108 Å². The predicted octanol–water partition coefficient (Wildman–Crippen LogP) is 1.77. The first-order chi connectivity index (χ1) is 9.17. The Kier molecular flexibility index (Phi) is 3.69. The second kappa shape index (κ2) is 5.60. The van der Waals surface area contributed by atoms with Crippen LogP contribution in [0.15, 0.2) is 36.5 Å². The topological polar surface area (TPSA) is 96.1 Å². The number of carboxylic acids is 1. The molecule has 0 saturated carbocycles. The van der Waals surface area contributed by atoms with Crippen molar-refractivity contribution < 1.29 is 14.6 Å². The van der Waals surface area contributed by atoms with Gasteiger partial charge in [0, 0.05) is 6.20 Å². The Morgan fingerprint density at radius 1 is 1.42 bits per heavy atom. The first-order valence-corrected chi connectivity index (χ1v) is 5.39. The lowest BCUT2D eigenvalue weighted by Crippen LogP contribution is -2.00. The van der Waals surface area contributed by atoms with Gasteiger partial charge in [-0.05, 0) is 23.8 Å². The van der Waals surface area contributed by atoms with Crippen LogP contribution in [0.25, 0.3) is 0 Å². The van der Waals surface area contributed by atoms with Gasteiger partial charge in [-0.3, -0.25) is 4.79 Å². The Morgan fingerprint density at radius 2 is 2.26 bits per heavy atom. The fraction of sp³-hybridized carbons (Fsp3) is 0.0769. The van der Waals surface area contributed by atoms with E-state index in [0.29, 0.717) is 11.3 Å². The molecule has 2 aromatic rings. The van der Waals surface area contributed by atoms with Crippen molar-refractivity contribution in [2.75, 3.05) is 0 Å². The monoisotopic (exact) mass is 255 g/mol. The number of carbonyl (C=O) groups is 1. The highest BCUT2D eigenvalue weighted by molar-refractivity contribution is 5.70. The van der Waals surface area contributed by atoms with E-state index in [0.717, 1.165) is 0 Å². The minimum Gasteiger partial charge on any atom is -0.481 e. The van der Waals surface area contributed by atoms with Crippen molar-refractivity contribution in [1.29, 1.82) is 5.26 Å². The van der Waals surface area contributed by atoms with Gasteiger partial charge in [0.25, 0.3) is 0 Å². The van der Waals surface area contributed by atoms with Crippen LogP contribution in [0.1, 0.15) is 11.3 Å². The molecular weight excluding hydrogens is 246 g/mol. The molecular formula is C13H9N3O3. The van der Waals surface area contributed by atoms with Crippen LogP contribution >= 0.6 is 0 Å². The molecule has 1 N–H and O–H groups in total. The summed E-state index contributed by atoms with van der Waals surface area (Å²) < 4.78 is 5.38. The van der Waals surface area contributed by atoms with E-state index in [-0.39, 0.29) is 18.1 Å². The predicted molar refractivity (Wildman–Crippen MR) is 64.6 cm³/mol. The lowest BCUT2D eigenvalue weighted by atomic mass is 10.1. The quantitative estimate of drug-likeness (QED) is 0.894. The second-order valence-corrected chi connectivity index (χ2v) is 3.66. The molecule has 1 heterocycles. The van der Waals surface area contributed by atoms with Crippen LogP contribution in [0.5, 0.6) is 11.8 Å². The molecule has 0 fully saturated rings. The van der Waals surface area contributed by atoms with Gasteiger partial charge in [-0.1, -0.05) is 12.1 Å². The largest absolute Gasteiger partial charge is 0.481 e. The van der Waals surface area contributed by atoms with Crippen LogP contribution in [0.3, 0.4) is 0 Å². The van der Waals surface area contributed by atoms with Crippen molar-refractivity contribution in [2.24, 2.45) is 0 Å². The number of rotatable bonds is 4. The molecule has 0 spiro atoms. The van der Waals surface area contributed by atoms with E-state index < -0.39 is 5.97 Å². The highest BCUT2D eigenvalue weighted by Gasteiger charge is 2.05. The Morgan fingerprint density at radius 3 is 3.00 bits per heavy atom. The zero-order valence-electron chi connectivity index (χ0n) is 9.78. The van der Waals surface area contributed by atoms with Crippen molar-refractivity contribution in [3.63, 3.8) is 0 Å². The van der Waals surface area contributed by atoms with Gasteiger partial charge < -0.3 is 9.84 Å². The van der Waals surface area contributed by atoms with Gasteiger partial charge in [0.15, 0.2) is 0 Å². The van der Waals surface area contributed by atoms with Gasteiger partial charge in [-0.25, -0.2) is 4.98 Å². The van der Waals surface area contributed by atoms with Gasteiger partial charge in [0.1, 0.15) is 17.5 Å². The summed E-state index contributed by atoms with van der Waals surface area (Å²) >= 11 is 0. The van der Waals surface area contributed by atoms with Crippen molar-refractivity contribution in [3.8, 4) is 17.8 Å². The maximum atomic E-state index is 10.6. The molecule has 6 heteroatoms. The maximum absolute atomic E-state index is 10.6. The van der Waals surface area contributed by atoms with Crippen LogP contribution in [0.4, 0.5) is 0 Å². The lowest BCUT2D eigenvalue weighted by Gasteiger charge is -2.05. The average molecular weight is 255 g/mol. The fourth-order valence-electron chi connectivity index (χ4n) is 1.45. The van der Waals surface area contributed by atoms with Gasteiger partial charge >= 0.3 is 12.0 Å². The summed E-state index contributed by atoms with van der Waals surface area (Å²) in [6.07, 6.45) is 1.33. The Bertz CT molecular complexity index is 650. The summed E-state index contributed by atoms with van der Waals surface area (Å²) in [4.78, 5) is 18.4. The zero-order valence-corrected chi connectivity index (χ0v) is 9.78. The van der Waals surface area contributed by atoms with Gasteiger partial charge in [-0.2, -0.15) is 10.2 Å². The van der Waals surface area contributed by atoms with E-state index in [1.54, 1.807) is 24.3 Å². The van der Waals surface area contributed by atoms with Crippen LogP contribution < -0.4 is 4.74 Å². The molecule has 19 heavy (non-hydrogen) atoms. The van der Waals surface area contributed by atoms with Crippen molar-refractivity contribution in [1.82, 2.24) is 9.97 Å². The SMILES string of the molecule is N#Cc1ccnc(Oc2cccc(CC(=O)O)c2)n1. The number of aliphatic carboxylic acids is 1. The molecule has 6 nitrogen and oxygen atoms in total. The minimum absolute atomic E-state index is 0.0477.